The molecule has 1 aliphatic heterocycles. The van der Waals surface area contributed by atoms with Crippen molar-refractivity contribution < 1.29 is 19.5 Å². The van der Waals surface area contributed by atoms with Crippen molar-refractivity contribution in [3.63, 3.8) is 0 Å². The highest BCUT2D eigenvalue weighted by Crippen LogP contribution is 2.06. The number of carbonyl (C=O) groups excluding carboxylic acids is 2. The molecular formula is C11H17N3O4. The molecule has 0 saturated carbocycles. The minimum absolute atomic E-state index is 0.0720. The molecule has 100 valence electrons. The molecule has 3 N–H and O–H groups in total. The molecule has 0 aromatic rings. The van der Waals surface area contributed by atoms with Crippen molar-refractivity contribution in [1.29, 1.82) is 0 Å². The Morgan fingerprint density at radius 2 is 2.39 bits per heavy atom. The lowest BCUT2D eigenvalue weighted by Crippen LogP contribution is -2.62. The summed E-state index contributed by atoms with van der Waals surface area (Å²) in [6, 6.07) is -1.74. The molecule has 1 aliphatic rings. The predicted molar refractivity (Wildman–Crippen MR) is 63.9 cm³/mol. The Morgan fingerprint density at radius 3 is 2.94 bits per heavy atom. The van der Waals surface area contributed by atoms with Crippen LogP contribution in [0.15, 0.2) is 12.7 Å². The van der Waals surface area contributed by atoms with Crippen molar-refractivity contribution in [3.05, 3.63) is 12.7 Å². The maximum absolute atomic E-state index is 11.9. The maximum atomic E-state index is 11.9. The molecule has 1 saturated heterocycles. The van der Waals surface area contributed by atoms with E-state index in [1.807, 2.05) is 0 Å². The molecule has 0 aromatic heterocycles. The number of nitrogens with zero attached hydrogens (tertiary/aromatic N) is 1. The fourth-order valence-corrected chi connectivity index (χ4v) is 1.68. The average molecular weight is 255 g/mol. The summed E-state index contributed by atoms with van der Waals surface area (Å²) in [5.41, 5.74) is 0. The number of piperazine rings is 1. The van der Waals surface area contributed by atoms with Gasteiger partial charge in [0.05, 0.1) is 0 Å². The Kier molecular flexibility index (Phi) is 4.70. The molecule has 1 fully saturated rings. The van der Waals surface area contributed by atoms with E-state index in [2.05, 4.69) is 17.2 Å². The lowest BCUT2D eigenvalue weighted by Gasteiger charge is -2.33. The monoisotopic (exact) mass is 255 g/mol. The topological polar surface area (TPSA) is 98.7 Å². The van der Waals surface area contributed by atoms with Gasteiger partial charge >= 0.3 is 12.0 Å². The van der Waals surface area contributed by atoms with Gasteiger partial charge in [-0.2, -0.15) is 0 Å². The highest BCUT2D eigenvalue weighted by Gasteiger charge is 2.35. The summed E-state index contributed by atoms with van der Waals surface area (Å²) in [6.45, 7) is 5.01. The number of hydrogen-bond donors (Lipinski definition) is 3. The molecule has 0 aromatic carbocycles. The Hall–Kier alpha value is -2.05. The van der Waals surface area contributed by atoms with Crippen molar-refractivity contribution >= 4 is 17.9 Å². The third-order valence-electron chi connectivity index (χ3n) is 2.62. The van der Waals surface area contributed by atoms with Gasteiger partial charge in [-0.1, -0.05) is 6.08 Å². The van der Waals surface area contributed by atoms with Crippen molar-refractivity contribution in [2.75, 3.05) is 13.1 Å². The molecular weight excluding hydrogens is 238 g/mol. The number of aliphatic carboxylic acids is 1. The molecule has 3 amide bonds. The van der Waals surface area contributed by atoms with E-state index in [0.717, 1.165) is 4.90 Å². The third kappa shape index (κ3) is 3.47. The van der Waals surface area contributed by atoms with E-state index in [0.29, 0.717) is 6.42 Å². The largest absolute Gasteiger partial charge is 0.480 e. The summed E-state index contributed by atoms with van der Waals surface area (Å²) in [5, 5.41) is 14.0. The van der Waals surface area contributed by atoms with Gasteiger partial charge in [0, 0.05) is 12.6 Å². The second kappa shape index (κ2) is 6.04. The summed E-state index contributed by atoms with van der Waals surface area (Å²) < 4.78 is 0. The van der Waals surface area contributed by atoms with E-state index in [-0.39, 0.29) is 25.0 Å². The van der Waals surface area contributed by atoms with E-state index in [9.17, 15) is 14.4 Å². The van der Waals surface area contributed by atoms with Gasteiger partial charge in [-0.15, -0.1) is 6.58 Å². The smallest absolute Gasteiger partial charge is 0.328 e. The van der Waals surface area contributed by atoms with E-state index < -0.39 is 18.0 Å². The number of carboxylic acids is 1. The Morgan fingerprint density at radius 1 is 1.72 bits per heavy atom. The van der Waals surface area contributed by atoms with E-state index >= 15 is 0 Å². The fourth-order valence-electron chi connectivity index (χ4n) is 1.68. The van der Waals surface area contributed by atoms with Crippen LogP contribution in [0.25, 0.3) is 0 Å². The molecule has 0 aliphatic carbocycles. The zero-order chi connectivity index (χ0) is 13.7. The van der Waals surface area contributed by atoms with E-state index in [4.69, 9.17) is 5.11 Å². The molecule has 0 spiro atoms. The van der Waals surface area contributed by atoms with Crippen LogP contribution >= 0.6 is 0 Å². The van der Waals surface area contributed by atoms with Crippen LogP contribution in [-0.2, 0) is 9.59 Å². The first-order chi connectivity index (χ1) is 8.45. The standard InChI is InChI=1S/C11H17N3O4/c1-3-4-7(2)13-11(18)14-6-9(15)12-5-8(14)10(16)17/h3,7-8H,1,4-6H2,2H3,(H,12,15)(H,13,18)(H,16,17). The van der Waals surface area contributed by atoms with Crippen LogP contribution in [0.3, 0.4) is 0 Å². The Labute approximate surface area is 105 Å². The SMILES string of the molecule is C=CCC(C)NC(=O)N1CC(=O)NCC1C(=O)O. The quantitative estimate of drug-likeness (QED) is 0.592. The first-order valence-corrected chi connectivity index (χ1v) is 5.63. The van der Waals surface area contributed by atoms with E-state index in [1.165, 1.54) is 0 Å². The summed E-state index contributed by atoms with van der Waals surface area (Å²) in [7, 11) is 0. The lowest BCUT2D eigenvalue weighted by molar-refractivity contribution is -0.144. The summed E-state index contributed by atoms with van der Waals surface area (Å²) in [6.07, 6.45) is 2.23. The van der Waals surface area contributed by atoms with Gasteiger partial charge in [0.1, 0.15) is 12.6 Å². The first kappa shape index (κ1) is 14.0. The molecule has 18 heavy (non-hydrogen) atoms. The van der Waals surface area contributed by atoms with Crippen LogP contribution in [-0.4, -0.2) is 53.1 Å². The van der Waals surface area contributed by atoms with Crippen LogP contribution in [0.2, 0.25) is 0 Å². The molecule has 0 radical (unpaired) electrons. The Balaban J connectivity index is 2.69. The molecule has 1 heterocycles. The maximum Gasteiger partial charge on any atom is 0.328 e. The zero-order valence-corrected chi connectivity index (χ0v) is 10.2. The van der Waals surface area contributed by atoms with Gasteiger partial charge in [-0.25, -0.2) is 9.59 Å². The van der Waals surface area contributed by atoms with Gasteiger partial charge in [-0.05, 0) is 13.3 Å². The summed E-state index contributed by atoms with van der Waals surface area (Å²) >= 11 is 0. The van der Waals surface area contributed by atoms with Crippen molar-refractivity contribution in [3.8, 4) is 0 Å². The van der Waals surface area contributed by atoms with Gasteiger partial charge < -0.3 is 15.7 Å². The highest BCUT2D eigenvalue weighted by molar-refractivity contribution is 5.90. The van der Waals surface area contributed by atoms with Gasteiger partial charge in [0.2, 0.25) is 5.91 Å². The second-order valence-corrected chi connectivity index (χ2v) is 4.16. The van der Waals surface area contributed by atoms with Crippen molar-refractivity contribution in [2.45, 2.75) is 25.4 Å². The number of nitrogens with one attached hydrogen (secondary N) is 2. The van der Waals surface area contributed by atoms with Crippen LogP contribution in [0, 0.1) is 0 Å². The van der Waals surface area contributed by atoms with Crippen molar-refractivity contribution in [2.24, 2.45) is 0 Å². The summed E-state index contributed by atoms with van der Waals surface area (Å²) in [5.74, 6) is -1.50. The van der Waals surface area contributed by atoms with Crippen LogP contribution < -0.4 is 10.6 Å². The predicted octanol–water partition coefficient (Wildman–Crippen LogP) is -0.454. The number of amides is 3. The first-order valence-electron chi connectivity index (χ1n) is 5.63. The lowest BCUT2D eigenvalue weighted by atomic mass is 10.2. The third-order valence-corrected chi connectivity index (χ3v) is 2.62. The van der Waals surface area contributed by atoms with E-state index in [1.54, 1.807) is 13.0 Å². The minimum atomic E-state index is -1.14. The van der Waals surface area contributed by atoms with Crippen LogP contribution in [0.4, 0.5) is 4.79 Å². The number of hydrogen-bond acceptors (Lipinski definition) is 3. The number of carbonyl (C=O) groups is 3. The second-order valence-electron chi connectivity index (χ2n) is 4.16. The number of rotatable bonds is 4. The minimum Gasteiger partial charge on any atom is -0.480 e. The normalized spacial score (nSPS) is 20.8. The highest BCUT2D eigenvalue weighted by atomic mass is 16.4. The number of carboxylic acid groups (broad SMARTS) is 1. The average Bonchev–Trinajstić information content (AvgIpc) is 2.28. The fraction of sp³-hybridized carbons (Fsp3) is 0.545. The van der Waals surface area contributed by atoms with Gasteiger partial charge in [0.25, 0.3) is 0 Å². The van der Waals surface area contributed by atoms with Crippen LogP contribution in [0.1, 0.15) is 13.3 Å². The molecule has 1 rings (SSSR count). The van der Waals surface area contributed by atoms with Crippen LogP contribution in [0.5, 0.6) is 0 Å². The molecule has 2 atom stereocenters. The number of urea groups is 1. The Bertz CT molecular complexity index is 369. The van der Waals surface area contributed by atoms with Gasteiger partial charge in [-0.3, -0.25) is 9.69 Å². The molecule has 0 bridgehead atoms. The summed E-state index contributed by atoms with van der Waals surface area (Å²) in [4.78, 5) is 35.1. The molecule has 7 nitrogen and oxygen atoms in total. The molecule has 7 heteroatoms. The van der Waals surface area contributed by atoms with Gasteiger partial charge in [0.15, 0.2) is 0 Å². The molecule has 2 unspecified atom stereocenters. The van der Waals surface area contributed by atoms with Crippen molar-refractivity contribution in [1.82, 2.24) is 15.5 Å². The zero-order valence-electron chi connectivity index (χ0n) is 10.2.